The molecule has 0 aliphatic rings. The van der Waals surface area contributed by atoms with E-state index in [9.17, 15) is 0 Å². The molecule has 1 unspecified atom stereocenters. The molecule has 1 heterocycles. The van der Waals surface area contributed by atoms with E-state index < -0.39 is 0 Å². The van der Waals surface area contributed by atoms with E-state index in [1.165, 1.54) is 10.4 Å². The van der Waals surface area contributed by atoms with Crippen LogP contribution in [0.1, 0.15) is 29.8 Å². The van der Waals surface area contributed by atoms with Gasteiger partial charge in [0.25, 0.3) is 0 Å². The summed E-state index contributed by atoms with van der Waals surface area (Å²) in [6, 6.07) is 6.36. The molecule has 0 saturated heterocycles. The van der Waals surface area contributed by atoms with Gasteiger partial charge in [-0.05, 0) is 30.7 Å². The molecule has 5 heteroatoms. The van der Waals surface area contributed by atoms with Crippen molar-refractivity contribution in [2.24, 2.45) is 0 Å². The van der Waals surface area contributed by atoms with Crippen LogP contribution in [0.5, 0.6) is 11.5 Å². The Morgan fingerprint density at radius 3 is 2.67 bits per heavy atom. The molecule has 2 rings (SSSR count). The highest BCUT2D eigenvalue weighted by Gasteiger charge is 2.15. The Bertz CT molecular complexity index is 543. The molecule has 0 fully saturated rings. The Labute approximate surface area is 130 Å². The van der Waals surface area contributed by atoms with Gasteiger partial charge in [0, 0.05) is 23.5 Å². The van der Waals surface area contributed by atoms with Gasteiger partial charge >= 0.3 is 0 Å². The van der Waals surface area contributed by atoms with Crippen LogP contribution >= 0.6 is 11.3 Å². The van der Waals surface area contributed by atoms with Crippen molar-refractivity contribution in [3.8, 4) is 11.5 Å². The maximum absolute atomic E-state index is 5.40. The molecular weight excluding hydrogens is 284 g/mol. The number of nitrogens with one attached hydrogen (secondary N) is 1. The van der Waals surface area contributed by atoms with Crippen LogP contribution in [0.2, 0.25) is 0 Å². The lowest BCUT2D eigenvalue weighted by molar-refractivity contribution is 0.353. The Balaban J connectivity index is 2.22. The highest BCUT2D eigenvalue weighted by atomic mass is 32.1. The molecule has 1 N–H and O–H groups in total. The fourth-order valence-corrected chi connectivity index (χ4v) is 2.88. The van der Waals surface area contributed by atoms with E-state index >= 15 is 0 Å². The standard InChI is InChI=1S/C16H22N2O2S/c1-4-7-18-14(9-13-10-17-11-21-13)12-5-6-15(19-2)16(8-12)20-3/h5-6,8,10-11,14,18H,4,7,9H2,1-3H3. The second-order valence-corrected chi connectivity index (χ2v) is 5.76. The number of hydrogen-bond acceptors (Lipinski definition) is 5. The first kappa shape index (κ1) is 15.8. The number of thiazole rings is 1. The van der Waals surface area contributed by atoms with E-state index in [4.69, 9.17) is 9.47 Å². The van der Waals surface area contributed by atoms with Gasteiger partial charge in [-0.3, -0.25) is 4.98 Å². The lowest BCUT2D eigenvalue weighted by Gasteiger charge is -2.19. The lowest BCUT2D eigenvalue weighted by Crippen LogP contribution is -2.23. The smallest absolute Gasteiger partial charge is 0.161 e. The monoisotopic (exact) mass is 306 g/mol. The van der Waals surface area contributed by atoms with Gasteiger partial charge in [-0.1, -0.05) is 13.0 Å². The second kappa shape index (κ2) is 8.00. The van der Waals surface area contributed by atoms with Crippen molar-refractivity contribution in [3.63, 3.8) is 0 Å². The van der Waals surface area contributed by atoms with Gasteiger partial charge in [0.15, 0.2) is 11.5 Å². The van der Waals surface area contributed by atoms with Gasteiger partial charge in [-0.15, -0.1) is 11.3 Å². The summed E-state index contributed by atoms with van der Waals surface area (Å²) in [5, 5.41) is 3.60. The molecule has 0 amide bonds. The second-order valence-electron chi connectivity index (χ2n) is 4.79. The number of nitrogens with zero attached hydrogens (tertiary/aromatic N) is 1. The SMILES string of the molecule is CCCNC(Cc1cncs1)c1ccc(OC)c(OC)c1. The van der Waals surface area contributed by atoms with Gasteiger partial charge in [0.05, 0.1) is 19.7 Å². The Morgan fingerprint density at radius 2 is 2.05 bits per heavy atom. The topological polar surface area (TPSA) is 43.4 Å². The van der Waals surface area contributed by atoms with E-state index in [0.717, 1.165) is 30.9 Å². The maximum Gasteiger partial charge on any atom is 0.161 e. The molecule has 0 radical (unpaired) electrons. The largest absolute Gasteiger partial charge is 0.493 e. The van der Waals surface area contributed by atoms with Crippen molar-refractivity contribution in [3.05, 3.63) is 40.3 Å². The van der Waals surface area contributed by atoms with Crippen LogP contribution in [0.4, 0.5) is 0 Å². The van der Waals surface area contributed by atoms with E-state index in [2.05, 4.69) is 23.3 Å². The van der Waals surface area contributed by atoms with E-state index in [1.54, 1.807) is 25.6 Å². The van der Waals surface area contributed by atoms with Gasteiger partial charge < -0.3 is 14.8 Å². The zero-order valence-electron chi connectivity index (χ0n) is 12.8. The first-order valence-corrected chi connectivity index (χ1v) is 7.99. The molecule has 0 aliphatic heterocycles. The average molecular weight is 306 g/mol. The van der Waals surface area contributed by atoms with Crippen LogP contribution < -0.4 is 14.8 Å². The highest BCUT2D eigenvalue weighted by Crippen LogP contribution is 2.31. The van der Waals surface area contributed by atoms with E-state index in [1.807, 2.05) is 23.8 Å². The first-order chi connectivity index (χ1) is 10.3. The molecule has 0 bridgehead atoms. The molecule has 0 spiro atoms. The summed E-state index contributed by atoms with van der Waals surface area (Å²) in [6.45, 7) is 3.16. The zero-order valence-corrected chi connectivity index (χ0v) is 13.6. The lowest BCUT2D eigenvalue weighted by atomic mass is 10.0. The van der Waals surface area contributed by atoms with E-state index in [0.29, 0.717) is 0 Å². The van der Waals surface area contributed by atoms with Crippen LogP contribution in [0.15, 0.2) is 29.9 Å². The number of rotatable bonds is 8. The van der Waals surface area contributed by atoms with Crippen molar-refractivity contribution in [2.75, 3.05) is 20.8 Å². The number of methoxy groups -OCH3 is 2. The summed E-state index contributed by atoms with van der Waals surface area (Å²) in [5.41, 5.74) is 3.08. The van der Waals surface area contributed by atoms with Crippen molar-refractivity contribution in [1.82, 2.24) is 10.3 Å². The third-order valence-corrected chi connectivity index (χ3v) is 4.14. The Morgan fingerprint density at radius 1 is 1.24 bits per heavy atom. The summed E-state index contributed by atoms with van der Waals surface area (Å²) in [4.78, 5) is 5.43. The predicted molar refractivity (Wildman–Crippen MR) is 86.4 cm³/mol. The Kier molecular flexibility index (Phi) is 6.02. The first-order valence-electron chi connectivity index (χ1n) is 7.11. The van der Waals surface area contributed by atoms with Crippen LogP contribution in [-0.4, -0.2) is 25.7 Å². The predicted octanol–water partition coefficient (Wildman–Crippen LogP) is 3.44. The van der Waals surface area contributed by atoms with Gasteiger partial charge in [-0.25, -0.2) is 0 Å². The van der Waals surface area contributed by atoms with Crippen LogP contribution in [-0.2, 0) is 6.42 Å². The van der Waals surface area contributed by atoms with Gasteiger partial charge in [-0.2, -0.15) is 0 Å². The van der Waals surface area contributed by atoms with Crippen molar-refractivity contribution < 1.29 is 9.47 Å². The van der Waals surface area contributed by atoms with Crippen molar-refractivity contribution in [1.29, 1.82) is 0 Å². The average Bonchev–Trinajstić information content (AvgIpc) is 3.03. The van der Waals surface area contributed by atoms with Crippen molar-refractivity contribution >= 4 is 11.3 Å². The normalized spacial score (nSPS) is 12.1. The minimum absolute atomic E-state index is 0.255. The van der Waals surface area contributed by atoms with Gasteiger partial charge in [0.2, 0.25) is 0 Å². The molecule has 0 aliphatic carbocycles. The number of ether oxygens (including phenoxy) is 2. The summed E-state index contributed by atoms with van der Waals surface area (Å²) < 4.78 is 10.7. The van der Waals surface area contributed by atoms with Crippen LogP contribution in [0.25, 0.3) is 0 Å². The summed E-state index contributed by atoms with van der Waals surface area (Å²) >= 11 is 1.69. The summed E-state index contributed by atoms with van der Waals surface area (Å²) in [5.74, 6) is 1.52. The molecule has 1 aromatic carbocycles. The van der Waals surface area contributed by atoms with Crippen molar-refractivity contribution in [2.45, 2.75) is 25.8 Å². The summed E-state index contributed by atoms with van der Waals surface area (Å²) in [7, 11) is 3.32. The maximum atomic E-state index is 5.40. The highest BCUT2D eigenvalue weighted by molar-refractivity contribution is 7.09. The van der Waals surface area contributed by atoms with Gasteiger partial charge in [0.1, 0.15) is 0 Å². The quantitative estimate of drug-likeness (QED) is 0.811. The molecule has 0 saturated carbocycles. The molecule has 114 valence electrons. The Hall–Kier alpha value is -1.59. The zero-order chi connectivity index (χ0) is 15.1. The minimum Gasteiger partial charge on any atom is -0.493 e. The molecule has 2 aromatic rings. The third kappa shape index (κ3) is 4.19. The minimum atomic E-state index is 0.255. The number of aromatic nitrogens is 1. The molecular formula is C16H22N2O2S. The van der Waals surface area contributed by atoms with Crippen LogP contribution in [0, 0.1) is 0 Å². The summed E-state index contributed by atoms with van der Waals surface area (Å²) in [6.07, 6.45) is 3.97. The van der Waals surface area contributed by atoms with Crippen LogP contribution in [0.3, 0.4) is 0 Å². The molecule has 1 atom stereocenters. The third-order valence-electron chi connectivity index (χ3n) is 3.34. The molecule has 1 aromatic heterocycles. The molecule has 4 nitrogen and oxygen atoms in total. The fourth-order valence-electron chi connectivity index (χ4n) is 2.24. The fraction of sp³-hybridized carbons (Fsp3) is 0.438. The number of hydrogen-bond donors (Lipinski definition) is 1. The molecule has 21 heavy (non-hydrogen) atoms. The van der Waals surface area contributed by atoms with E-state index in [-0.39, 0.29) is 6.04 Å². The number of benzene rings is 1.